The summed E-state index contributed by atoms with van der Waals surface area (Å²) >= 11 is 1.53. The second kappa shape index (κ2) is 11.8. The van der Waals surface area contributed by atoms with E-state index in [0.29, 0.717) is 24.5 Å². The Morgan fingerprint density at radius 1 is 1.00 bits per heavy atom. The number of alkyl halides is 6. The van der Waals surface area contributed by atoms with Crippen LogP contribution in [0.4, 0.5) is 37.0 Å². The van der Waals surface area contributed by atoms with Crippen LogP contribution in [0.1, 0.15) is 74.3 Å². The first-order valence-electron chi connectivity index (χ1n) is 13.9. The van der Waals surface area contributed by atoms with Gasteiger partial charge in [-0.15, -0.1) is 0 Å². The molecule has 2 aromatic heterocycles. The molecule has 1 aliphatic heterocycles. The molecule has 2 fully saturated rings. The average Bonchev–Trinajstić information content (AvgIpc) is 3.58. The summed E-state index contributed by atoms with van der Waals surface area (Å²) in [5, 5.41) is 3.92. The number of rotatable bonds is 7. The predicted molar refractivity (Wildman–Crippen MR) is 148 cm³/mol. The van der Waals surface area contributed by atoms with E-state index < -0.39 is 41.7 Å². The third-order valence-electron chi connectivity index (χ3n) is 8.10. The lowest BCUT2D eigenvalue weighted by molar-refractivity contribution is -0.143. The normalized spacial score (nSPS) is 20.2. The van der Waals surface area contributed by atoms with Gasteiger partial charge in [-0.3, -0.25) is 4.90 Å². The molecule has 2 atom stereocenters. The quantitative estimate of drug-likeness (QED) is 0.250. The lowest BCUT2D eigenvalue weighted by Gasteiger charge is -2.36. The first-order valence-corrected chi connectivity index (χ1v) is 14.9. The summed E-state index contributed by atoms with van der Waals surface area (Å²) in [4.78, 5) is 21.5. The molecule has 0 radical (unpaired) electrons. The summed E-state index contributed by atoms with van der Waals surface area (Å²) in [6.45, 7) is 4.33. The molecule has 226 valence electrons. The number of carbonyl (C=O) groups is 1. The Labute approximate surface area is 244 Å². The first-order chi connectivity index (χ1) is 19.9. The molecule has 0 N–H and O–H groups in total. The van der Waals surface area contributed by atoms with E-state index in [1.807, 2.05) is 29.8 Å². The molecule has 0 bridgehead atoms. The Hall–Kier alpha value is -3.28. The van der Waals surface area contributed by atoms with E-state index >= 15 is 0 Å². The maximum absolute atomic E-state index is 13.5. The number of hydrogen-bond acceptors (Lipinski definition) is 5. The highest BCUT2D eigenvalue weighted by atomic mass is 32.1. The van der Waals surface area contributed by atoms with Crippen LogP contribution in [0.3, 0.4) is 0 Å². The Kier molecular flexibility index (Phi) is 8.46. The molecule has 42 heavy (non-hydrogen) atoms. The van der Waals surface area contributed by atoms with Crippen molar-refractivity contribution in [3.05, 3.63) is 69.5 Å². The molecular formula is C30H31F6N3O2S. The maximum Gasteiger partial charge on any atom is 0.416 e. The number of ether oxygens (including phenoxy) is 1. The molecule has 1 amide bonds. The number of cyclic esters (lactones) is 1. The van der Waals surface area contributed by atoms with Crippen molar-refractivity contribution in [2.24, 2.45) is 0 Å². The summed E-state index contributed by atoms with van der Waals surface area (Å²) in [6, 6.07) is 4.67. The molecule has 0 spiro atoms. The third kappa shape index (κ3) is 6.23. The standard InChI is InChI=1S/C30H31F6N3O2S/c1-3-38(25-7-5-4-6-8-25)27-22(11-21(15-37-27)19-9-10-42-17-19)16-39-18(2)26(41-28(39)40)20-12-23(29(31,32)33)14-24(13-20)30(34,35)36/h9-15,17-18,25-26H,3-8,16H2,1-2H3/t18-,26-/m0/s1. The van der Waals surface area contributed by atoms with Crippen LogP contribution in [0.2, 0.25) is 0 Å². The predicted octanol–water partition coefficient (Wildman–Crippen LogP) is 9.09. The van der Waals surface area contributed by atoms with E-state index in [1.54, 1.807) is 13.1 Å². The van der Waals surface area contributed by atoms with Crippen molar-refractivity contribution in [1.29, 1.82) is 0 Å². The number of carbonyl (C=O) groups excluding carboxylic acids is 1. The molecule has 0 unspecified atom stereocenters. The monoisotopic (exact) mass is 611 g/mol. The Bertz CT molecular complexity index is 1370. The maximum atomic E-state index is 13.5. The molecule has 3 aromatic rings. The molecule has 3 heterocycles. The van der Waals surface area contributed by atoms with Crippen molar-refractivity contribution in [2.75, 3.05) is 11.4 Å². The van der Waals surface area contributed by atoms with Crippen LogP contribution in [0, 0.1) is 0 Å². The van der Waals surface area contributed by atoms with E-state index in [0.717, 1.165) is 42.4 Å². The molecule has 1 saturated heterocycles. The van der Waals surface area contributed by atoms with Gasteiger partial charge in [0.05, 0.1) is 23.7 Å². The van der Waals surface area contributed by atoms with Gasteiger partial charge < -0.3 is 9.64 Å². The van der Waals surface area contributed by atoms with E-state index in [2.05, 4.69) is 4.90 Å². The lowest BCUT2D eigenvalue weighted by atomic mass is 9.93. The van der Waals surface area contributed by atoms with Crippen LogP contribution in [0.25, 0.3) is 11.1 Å². The molecule has 5 rings (SSSR count). The minimum atomic E-state index is -5.01. The fourth-order valence-electron chi connectivity index (χ4n) is 5.92. The number of thiophene rings is 1. The highest BCUT2D eigenvalue weighted by molar-refractivity contribution is 7.08. The molecule has 1 saturated carbocycles. The summed E-state index contributed by atoms with van der Waals surface area (Å²) in [7, 11) is 0. The van der Waals surface area contributed by atoms with Crippen LogP contribution in [-0.4, -0.2) is 34.6 Å². The van der Waals surface area contributed by atoms with E-state index in [4.69, 9.17) is 9.72 Å². The Morgan fingerprint density at radius 2 is 1.67 bits per heavy atom. The fraction of sp³-hybridized carbons (Fsp3) is 0.467. The van der Waals surface area contributed by atoms with Crippen molar-refractivity contribution < 1.29 is 35.9 Å². The van der Waals surface area contributed by atoms with Gasteiger partial charge in [0.25, 0.3) is 0 Å². The number of benzene rings is 1. The number of amides is 1. The fourth-order valence-corrected chi connectivity index (χ4v) is 6.59. The van der Waals surface area contributed by atoms with E-state index in [9.17, 15) is 31.1 Å². The van der Waals surface area contributed by atoms with Crippen LogP contribution in [0.5, 0.6) is 0 Å². The van der Waals surface area contributed by atoms with Gasteiger partial charge in [0.1, 0.15) is 11.9 Å². The molecule has 1 aromatic carbocycles. The van der Waals surface area contributed by atoms with Crippen LogP contribution < -0.4 is 4.90 Å². The van der Waals surface area contributed by atoms with Gasteiger partial charge in [0.2, 0.25) is 0 Å². The molecule has 2 aliphatic rings. The highest BCUT2D eigenvalue weighted by Gasteiger charge is 2.43. The smallest absolute Gasteiger partial charge is 0.416 e. The van der Waals surface area contributed by atoms with Crippen molar-refractivity contribution in [2.45, 2.75) is 83.0 Å². The van der Waals surface area contributed by atoms with E-state index in [-0.39, 0.29) is 24.2 Å². The largest absolute Gasteiger partial charge is 0.439 e. The minimum absolute atomic E-state index is 0.0329. The zero-order valence-corrected chi connectivity index (χ0v) is 24.0. The SMILES string of the molecule is CCN(c1ncc(-c2ccsc2)cc1CN1C(=O)O[C@H](c2cc(C(F)(F)F)cc(C(F)(F)F)c2)[C@@H]1C)C1CCCCC1. The van der Waals surface area contributed by atoms with Gasteiger partial charge in [-0.1, -0.05) is 19.3 Å². The highest BCUT2D eigenvalue weighted by Crippen LogP contribution is 2.42. The lowest BCUT2D eigenvalue weighted by Crippen LogP contribution is -2.39. The summed E-state index contributed by atoms with van der Waals surface area (Å²) in [6.07, 6.45) is -4.93. The van der Waals surface area contributed by atoms with Gasteiger partial charge >= 0.3 is 18.4 Å². The zero-order chi connectivity index (χ0) is 30.2. The van der Waals surface area contributed by atoms with E-state index in [1.165, 1.54) is 22.7 Å². The molecular weight excluding hydrogens is 580 g/mol. The number of halogens is 6. The topological polar surface area (TPSA) is 45.7 Å². The van der Waals surface area contributed by atoms with Crippen LogP contribution >= 0.6 is 11.3 Å². The Balaban J connectivity index is 1.50. The average molecular weight is 612 g/mol. The van der Waals surface area contributed by atoms with Crippen LogP contribution in [0.15, 0.2) is 47.3 Å². The minimum Gasteiger partial charge on any atom is -0.439 e. The summed E-state index contributed by atoms with van der Waals surface area (Å²) in [5.74, 6) is 0.713. The zero-order valence-electron chi connectivity index (χ0n) is 23.1. The second-order valence-electron chi connectivity index (χ2n) is 10.8. The Morgan fingerprint density at radius 3 is 2.24 bits per heavy atom. The van der Waals surface area contributed by atoms with Gasteiger partial charge in [-0.05, 0) is 78.9 Å². The number of hydrogen-bond donors (Lipinski definition) is 0. The molecule has 1 aliphatic carbocycles. The number of nitrogens with zero attached hydrogens (tertiary/aromatic N) is 3. The summed E-state index contributed by atoms with van der Waals surface area (Å²) in [5.41, 5.74) is -0.720. The molecule has 12 heteroatoms. The number of pyridine rings is 1. The molecule has 5 nitrogen and oxygen atoms in total. The summed E-state index contributed by atoms with van der Waals surface area (Å²) < 4.78 is 86.6. The van der Waals surface area contributed by atoms with Gasteiger partial charge in [-0.25, -0.2) is 9.78 Å². The number of aromatic nitrogens is 1. The van der Waals surface area contributed by atoms with Crippen molar-refractivity contribution in [3.8, 4) is 11.1 Å². The van der Waals surface area contributed by atoms with Crippen molar-refractivity contribution in [3.63, 3.8) is 0 Å². The second-order valence-corrected chi connectivity index (χ2v) is 11.6. The van der Waals surface area contributed by atoms with Gasteiger partial charge in [-0.2, -0.15) is 37.7 Å². The number of anilines is 1. The first kappa shape index (κ1) is 30.2. The van der Waals surface area contributed by atoms with Crippen molar-refractivity contribution >= 4 is 23.2 Å². The van der Waals surface area contributed by atoms with Crippen LogP contribution in [-0.2, 0) is 23.6 Å². The van der Waals surface area contributed by atoms with Gasteiger partial charge in [0, 0.05) is 29.9 Å². The third-order valence-corrected chi connectivity index (χ3v) is 8.78. The van der Waals surface area contributed by atoms with Gasteiger partial charge in [0.15, 0.2) is 0 Å². The van der Waals surface area contributed by atoms with Crippen molar-refractivity contribution in [1.82, 2.24) is 9.88 Å².